The van der Waals surface area contributed by atoms with E-state index in [9.17, 15) is 0 Å². The molecular weight excluding hydrogens is 216 g/mol. The zero-order valence-electron chi connectivity index (χ0n) is 10.5. The highest BCUT2D eigenvalue weighted by molar-refractivity contribution is 5.66. The summed E-state index contributed by atoms with van der Waals surface area (Å²) in [6.07, 6.45) is 0. The molecule has 0 aliphatic rings. The van der Waals surface area contributed by atoms with Crippen LogP contribution < -0.4 is 0 Å². The molecule has 0 atom stereocenters. The highest BCUT2D eigenvalue weighted by Gasteiger charge is 2.01. The molecule has 0 bridgehead atoms. The van der Waals surface area contributed by atoms with Gasteiger partial charge in [-0.15, -0.1) is 0 Å². The summed E-state index contributed by atoms with van der Waals surface area (Å²) in [5.74, 6) is 0. The molecule has 0 amide bonds. The maximum atomic E-state index is 2.25. The maximum Gasteiger partial charge on any atom is -0.0179 e. The molecule has 0 heterocycles. The van der Waals surface area contributed by atoms with Crippen molar-refractivity contribution < 1.29 is 0 Å². The van der Waals surface area contributed by atoms with Crippen LogP contribution in [0.1, 0.15) is 37.1 Å². The molecule has 0 heteroatoms. The largest absolute Gasteiger partial charge is 0.0776 e. The lowest BCUT2D eigenvalue weighted by molar-refractivity contribution is 1.35. The zero-order chi connectivity index (χ0) is 11.7. The second kappa shape index (κ2) is 6.39. The topological polar surface area (TPSA) is 0 Å². The number of hydrogen-bond acceptors (Lipinski definition) is 0. The third kappa shape index (κ3) is 3.73. The first-order chi connectivity index (χ1) is 7.54. The van der Waals surface area contributed by atoms with Crippen LogP contribution in [0.4, 0.5) is 0 Å². The van der Waals surface area contributed by atoms with Gasteiger partial charge in [0.05, 0.1) is 0 Å². The summed E-state index contributed by atoms with van der Waals surface area (Å²) < 4.78 is 0. The van der Waals surface area contributed by atoms with Gasteiger partial charge in [-0.1, -0.05) is 73.5 Å². The summed E-state index contributed by atoms with van der Waals surface area (Å²) in [4.78, 5) is 0. The molecule has 0 aliphatic carbocycles. The molecule has 0 fully saturated rings. The normalized spacial score (nSPS) is 9.33. The molecule has 0 radical (unpaired) electrons. The Morgan fingerprint density at radius 3 is 0.889 bits per heavy atom. The summed E-state index contributed by atoms with van der Waals surface area (Å²) in [5, 5.41) is 0. The van der Waals surface area contributed by atoms with Gasteiger partial charge in [0.15, 0.2) is 0 Å². The van der Waals surface area contributed by atoms with Crippen LogP contribution in [0.3, 0.4) is 0 Å². The smallest absolute Gasteiger partial charge is 0.0179 e. The fourth-order valence-corrected chi connectivity index (χ4v) is 2.28. The van der Waals surface area contributed by atoms with Gasteiger partial charge in [-0.2, -0.15) is 0 Å². The van der Waals surface area contributed by atoms with Crippen LogP contribution in [0.5, 0.6) is 0 Å². The molecule has 2 aromatic rings. The van der Waals surface area contributed by atoms with Crippen LogP contribution in [-0.2, 0) is 0 Å². The Bertz CT molecular complexity index is 432. The van der Waals surface area contributed by atoms with E-state index in [4.69, 9.17) is 0 Å². The average Bonchev–Trinajstić information content (AvgIpc) is 2.14. The van der Waals surface area contributed by atoms with Crippen molar-refractivity contribution in [1.29, 1.82) is 0 Å². The second-order valence-electron chi connectivity index (χ2n) is 4.75. The van der Waals surface area contributed by atoms with E-state index in [1.165, 1.54) is 33.4 Å². The van der Waals surface area contributed by atoms with Crippen LogP contribution in [0.15, 0.2) is 36.4 Å². The van der Waals surface area contributed by atoms with Gasteiger partial charge in [0.25, 0.3) is 0 Å². The summed E-state index contributed by atoms with van der Waals surface area (Å²) in [6.45, 7) is 8.61. The lowest BCUT2D eigenvalue weighted by Crippen LogP contribution is -1.85. The Morgan fingerprint density at radius 1 is 0.444 bits per heavy atom. The van der Waals surface area contributed by atoms with Gasteiger partial charge < -0.3 is 0 Å². The Kier molecular flexibility index (Phi) is 5.84. The van der Waals surface area contributed by atoms with Gasteiger partial charge >= 0.3 is 0 Å². The monoisotopic (exact) mass is 242 g/mol. The van der Waals surface area contributed by atoms with Crippen LogP contribution in [-0.4, -0.2) is 0 Å². The van der Waals surface area contributed by atoms with E-state index >= 15 is 0 Å². The Hall–Kier alpha value is -1.56. The number of hydrogen-bond donors (Lipinski definition) is 0. The van der Waals surface area contributed by atoms with Crippen molar-refractivity contribution in [3.63, 3.8) is 0 Å². The SMILES string of the molecule is C.C.Cc1cc(C)cc(-c2cc(C)cc(C)c2)c1. The molecule has 2 rings (SSSR count). The van der Waals surface area contributed by atoms with E-state index in [2.05, 4.69) is 64.1 Å². The van der Waals surface area contributed by atoms with Gasteiger partial charge in [0.1, 0.15) is 0 Å². The van der Waals surface area contributed by atoms with Crippen LogP contribution >= 0.6 is 0 Å². The Balaban J connectivity index is 0.00000144. The molecular formula is C18H26. The molecule has 2 aromatic carbocycles. The van der Waals surface area contributed by atoms with E-state index < -0.39 is 0 Å². The van der Waals surface area contributed by atoms with Crippen molar-refractivity contribution in [2.24, 2.45) is 0 Å². The van der Waals surface area contributed by atoms with Gasteiger partial charge in [-0.25, -0.2) is 0 Å². The Morgan fingerprint density at radius 2 is 0.667 bits per heavy atom. The molecule has 0 spiro atoms. The maximum absolute atomic E-state index is 2.25. The van der Waals surface area contributed by atoms with Crippen LogP contribution in [0.2, 0.25) is 0 Å². The quantitative estimate of drug-likeness (QED) is 0.587. The van der Waals surface area contributed by atoms with E-state index in [0.717, 1.165) is 0 Å². The highest BCUT2D eigenvalue weighted by atomic mass is 14.1. The minimum absolute atomic E-state index is 0. The number of aryl methyl sites for hydroxylation is 4. The third-order valence-corrected chi connectivity index (χ3v) is 2.78. The van der Waals surface area contributed by atoms with Crippen molar-refractivity contribution in [1.82, 2.24) is 0 Å². The van der Waals surface area contributed by atoms with Crippen LogP contribution in [0.25, 0.3) is 11.1 Å². The van der Waals surface area contributed by atoms with Gasteiger partial charge in [-0.3, -0.25) is 0 Å². The predicted molar refractivity (Wildman–Crippen MR) is 84.3 cm³/mol. The van der Waals surface area contributed by atoms with E-state index in [1.807, 2.05) is 0 Å². The summed E-state index contributed by atoms with van der Waals surface area (Å²) in [5.41, 5.74) is 7.96. The summed E-state index contributed by atoms with van der Waals surface area (Å²) >= 11 is 0. The Labute approximate surface area is 113 Å². The molecule has 0 nitrogen and oxygen atoms in total. The summed E-state index contributed by atoms with van der Waals surface area (Å²) in [7, 11) is 0. The van der Waals surface area contributed by atoms with Crippen molar-refractivity contribution in [2.75, 3.05) is 0 Å². The molecule has 98 valence electrons. The molecule has 0 N–H and O–H groups in total. The van der Waals surface area contributed by atoms with Crippen molar-refractivity contribution in [3.05, 3.63) is 58.7 Å². The molecule has 18 heavy (non-hydrogen) atoms. The van der Waals surface area contributed by atoms with E-state index in [0.29, 0.717) is 0 Å². The number of benzene rings is 2. The molecule has 0 unspecified atom stereocenters. The van der Waals surface area contributed by atoms with Crippen molar-refractivity contribution in [3.8, 4) is 11.1 Å². The van der Waals surface area contributed by atoms with Gasteiger partial charge in [-0.05, 0) is 38.8 Å². The van der Waals surface area contributed by atoms with Gasteiger partial charge in [0, 0.05) is 0 Å². The first kappa shape index (κ1) is 16.4. The summed E-state index contributed by atoms with van der Waals surface area (Å²) in [6, 6.07) is 13.4. The minimum atomic E-state index is 0. The second-order valence-corrected chi connectivity index (χ2v) is 4.75. The minimum Gasteiger partial charge on any atom is -0.0776 e. The molecule has 0 saturated carbocycles. The van der Waals surface area contributed by atoms with Crippen molar-refractivity contribution >= 4 is 0 Å². The first-order valence-electron chi connectivity index (χ1n) is 5.71. The standard InChI is InChI=1S/C16H18.2CH4/c1-11-5-12(2)8-15(7-11)16-9-13(3)6-14(4)10-16;;/h5-10H,1-4H3;2*1H4. The number of rotatable bonds is 1. The fourth-order valence-electron chi connectivity index (χ4n) is 2.28. The molecule has 0 saturated heterocycles. The van der Waals surface area contributed by atoms with E-state index in [1.54, 1.807) is 0 Å². The fraction of sp³-hybridized carbons (Fsp3) is 0.333. The third-order valence-electron chi connectivity index (χ3n) is 2.78. The highest BCUT2D eigenvalue weighted by Crippen LogP contribution is 2.24. The van der Waals surface area contributed by atoms with E-state index in [-0.39, 0.29) is 14.9 Å². The van der Waals surface area contributed by atoms with Crippen LogP contribution in [0, 0.1) is 27.7 Å². The molecule has 0 aromatic heterocycles. The average molecular weight is 242 g/mol. The predicted octanol–water partition coefficient (Wildman–Crippen LogP) is 5.86. The first-order valence-corrected chi connectivity index (χ1v) is 5.71. The van der Waals surface area contributed by atoms with Crippen molar-refractivity contribution in [2.45, 2.75) is 42.5 Å². The lowest BCUT2D eigenvalue weighted by Gasteiger charge is -2.07. The van der Waals surface area contributed by atoms with Gasteiger partial charge in [0.2, 0.25) is 0 Å². The zero-order valence-corrected chi connectivity index (χ0v) is 10.5. The lowest BCUT2D eigenvalue weighted by atomic mass is 9.98. The molecule has 0 aliphatic heterocycles.